The van der Waals surface area contributed by atoms with E-state index in [4.69, 9.17) is 0 Å². The number of hydrogen-bond donors (Lipinski definition) is 3. The average molecular weight is 292 g/mol. The molecular formula is C14H11F3N4. The van der Waals surface area contributed by atoms with Crippen LogP contribution in [0.3, 0.4) is 0 Å². The summed E-state index contributed by atoms with van der Waals surface area (Å²) < 4.78 is 36.6. The van der Waals surface area contributed by atoms with Crippen LogP contribution in [0.15, 0.2) is 48.8 Å². The van der Waals surface area contributed by atoms with Crippen molar-refractivity contribution in [3.8, 4) is 0 Å². The maximum absolute atomic E-state index is 12.2. The standard InChI is InChI=1S/C14H11F3N4/c15-14(16,17)21-10-5-3-9(4-6-10)20-12-8-19-13-11(12)2-1-7-18-13/h1-8,20-21H,(H,18,19). The van der Waals surface area contributed by atoms with Crippen LogP contribution >= 0.6 is 0 Å². The molecule has 0 radical (unpaired) electrons. The molecule has 0 aliphatic heterocycles. The van der Waals surface area contributed by atoms with Crippen LogP contribution in [0.2, 0.25) is 0 Å². The molecular weight excluding hydrogens is 281 g/mol. The molecule has 0 aliphatic rings. The summed E-state index contributed by atoms with van der Waals surface area (Å²) in [5, 5.41) is 5.50. The number of benzene rings is 1. The molecule has 0 aliphatic carbocycles. The first-order valence-electron chi connectivity index (χ1n) is 6.15. The smallest absolute Gasteiger partial charge is 0.354 e. The highest BCUT2D eigenvalue weighted by molar-refractivity contribution is 5.91. The number of anilines is 3. The number of alkyl halides is 3. The van der Waals surface area contributed by atoms with Gasteiger partial charge in [-0.1, -0.05) is 0 Å². The van der Waals surface area contributed by atoms with Gasteiger partial charge in [-0.3, -0.25) is 5.32 Å². The first-order valence-corrected chi connectivity index (χ1v) is 6.15. The van der Waals surface area contributed by atoms with Crippen LogP contribution < -0.4 is 10.6 Å². The number of nitrogens with one attached hydrogen (secondary N) is 3. The molecule has 0 bridgehead atoms. The molecule has 0 spiro atoms. The Bertz CT molecular complexity index is 747. The van der Waals surface area contributed by atoms with Crippen molar-refractivity contribution in [2.45, 2.75) is 6.30 Å². The van der Waals surface area contributed by atoms with E-state index in [0.29, 0.717) is 5.69 Å². The van der Waals surface area contributed by atoms with Crippen LogP contribution in [0, 0.1) is 0 Å². The minimum absolute atomic E-state index is 0.00589. The Hall–Kier alpha value is -2.70. The zero-order valence-corrected chi connectivity index (χ0v) is 10.7. The lowest BCUT2D eigenvalue weighted by Gasteiger charge is -2.11. The number of H-pyrrole nitrogens is 1. The Kier molecular flexibility index (Phi) is 3.17. The van der Waals surface area contributed by atoms with Crippen molar-refractivity contribution in [2.24, 2.45) is 0 Å². The molecule has 2 aromatic heterocycles. The molecule has 21 heavy (non-hydrogen) atoms. The summed E-state index contributed by atoms with van der Waals surface area (Å²) in [6.07, 6.45) is -0.989. The van der Waals surface area contributed by atoms with Crippen molar-refractivity contribution >= 4 is 28.1 Å². The molecule has 1 aromatic carbocycles. The largest absolute Gasteiger partial charge is 0.482 e. The number of aromatic nitrogens is 2. The second kappa shape index (κ2) is 5.01. The molecule has 3 rings (SSSR count). The predicted octanol–water partition coefficient (Wildman–Crippen LogP) is 4.24. The highest BCUT2D eigenvalue weighted by Crippen LogP contribution is 2.26. The van der Waals surface area contributed by atoms with Gasteiger partial charge >= 0.3 is 6.30 Å². The minimum atomic E-state index is -4.43. The number of nitrogens with zero attached hydrogens (tertiary/aromatic N) is 1. The molecule has 0 atom stereocenters. The van der Waals surface area contributed by atoms with Gasteiger partial charge in [0.1, 0.15) is 5.65 Å². The molecule has 0 unspecified atom stereocenters. The zero-order chi connectivity index (χ0) is 14.9. The first kappa shape index (κ1) is 13.3. The molecule has 3 aromatic rings. The zero-order valence-electron chi connectivity index (χ0n) is 10.7. The number of hydrogen-bond acceptors (Lipinski definition) is 3. The molecule has 2 heterocycles. The predicted molar refractivity (Wildman–Crippen MR) is 75.5 cm³/mol. The lowest BCUT2D eigenvalue weighted by Crippen LogP contribution is -2.20. The van der Waals surface area contributed by atoms with Gasteiger partial charge in [0.2, 0.25) is 0 Å². The summed E-state index contributed by atoms with van der Waals surface area (Å²) in [4.78, 5) is 7.18. The van der Waals surface area contributed by atoms with Crippen LogP contribution in [0.4, 0.5) is 30.2 Å². The van der Waals surface area contributed by atoms with E-state index in [0.717, 1.165) is 16.7 Å². The fourth-order valence-electron chi connectivity index (χ4n) is 2.02. The topological polar surface area (TPSA) is 52.7 Å². The fraction of sp³-hybridized carbons (Fsp3) is 0.0714. The normalized spacial score (nSPS) is 11.6. The summed E-state index contributed by atoms with van der Waals surface area (Å²) in [5.41, 5.74) is 2.24. The summed E-state index contributed by atoms with van der Waals surface area (Å²) >= 11 is 0. The van der Waals surface area contributed by atoms with Crippen LogP contribution in [-0.2, 0) is 0 Å². The van der Waals surface area contributed by atoms with E-state index >= 15 is 0 Å². The van der Waals surface area contributed by atoms with Gasteiger partial charge in [-0.25, -0.2) is 4.98 Å². The van der Waals surface area contributed by atoms with Gasteiger partial charge in [0.15, 0.2) is 0 Å². The Morgan fingerprint density at radius 1 is 1.00 bits per heavy atom. The van der Waals surface area contributed by atoms with Gasteiger partial charge in [0.05, 0.1) is 5.69 Å². The van der Waals surface area contributed by atoms with Crippen molar-refractivity contribution < 1.29 is 13.2 Å². The minimum Gasteiger partial charge on any atom is -0.354 e. The number of halogens is 3. The van der Waals surface area contributed by atoms with Gasteiger partial charge in [0.25, 0.3) is 0 Å². The van der Waals surface area contributed by atoms with Crippen molar-refractivity contribution in [3.05, 3.63) is 48.8 Å². The summed E-state index contributed by atoms with van der Waals surface area (Å²) in [6.45, 7) is 0. The third-order valence-corrected chi connectivity index (χ3v) is 2.90. The molecule has 3 N–H and O–H groups in total. The van der Waals surface area contributed by atoms with Crippen molar-refractivity contribution in [2.75, 3.05) is 10.6 Å². The Labute approximate surface area is 118 Å². The summed E-state index contributed by atoms with van der Waals surface area (Å²) in [6, 6.07) is 9.59. The molecule has 0 fully saturated rings. The summed E-state index contributed by atoms with van der Waals surface area (Å²) in [7, 11) is 0. The van der Waals surface area contributed by atoms with Crippen LogP contribution in [0.5, 0.6) is 0 Å². The molecule has 0 saturated carbocycles. The number of pyridine rings is 1. The second-order valence-corrected chi connectivity index (χ2v) is 4.43. The molecule has 0 saturated heterocycles. The Morgan fingerprint density at radius 2 is 1.71 bits per heavy atom. The van der Waals surface area contributed by atoms with E-state index in [1.165, 1.54) is 17.4 Å². The first-order chi connectivity index (χ1) is 10.0. The van der Waals surface area contributed by atoms with E-state index < -0.39 is 6.30 Å². The summed E-state index contributed by atoms with van der Waals surface area (Å²) in [5.74, 6) is 0. The number of fused-ring (bicyclic) bond motifs is 1. The van der Waals surface area contributed by atoms with Crippen LogP contribution in [-0.4, -0.2) is 16.3 Å². The number of rotatable bonds is 3. The van der Waals surface area contributed by atoms with E-state index in [1.807, 2.05) is 12.1 Å². The van der Waals surface area contributed by atoms with E-state index in [1.54, 1.807) is 24.5 Å². The highest BCUT2D eigenvalue weighted by Gasteiger charge is 2.26. The van der Waals surface area contributed by atoms with Gasteiger partial charge in [-0.2, -0.15) is 13.2 Å². The van der Waals surface area contributed by atoms with Gasteiger partial charge in [0, 0.05) is 29.2 Å². The molecule has 4 nitrogen and oxygen atoms in total. The molecule has 0 amide bonds. The number of aromatic amines is 1. The third kappa shape index (κ3) is 3.07. The van der Waals surface area contributed by atoms with Crippen molar-refractivity contribution in [1.29, 1.82) is 0 Å². The maximum Gasteiger partial charge on any atom is 0.482 e. The van der Waals surface area contributed by atoms with Crippen LogP contribution in [0.1, 0.15) is 0 Å². The molecule has 108 valence electrons. The van der Waals surface area contributed by atoms with E-state index in [2.05, 4.69) is 15.3 Å². The lowest BCUT2D eigenvalue weighted by molar-refractivity contribution is -0.0999. The Morgan fingerprint density at radius 3 is 2.43 bits per heavy atom. The average Bonchev–Trinajstić information content (AvgIpc) is 2.83. The second-order valence-electron chi connectivity index (χ2n) is 4.43. The third-order valence-electron chi connectivity index (χ3n) is 2.90. The van der Waals surface area contributed by atoms with Gasteiger partial charge in [-0.05, 0) is 36.4 Å². The lowest BCUT2D eigenvalue weighted by atomic mass is 10.2. The van der Waals surface area contributed by atoms with E-state index in [-0.39, 0.29) is 5.69 Å². The highest BCUT2D eigenvalue weighted by atomic mass is 19.4. The van der Waals surface area contributed by atoms with Gasteiger partial charge < -0.3 is 10.3 Å². The Balaban J connectivity index is 1.79. The molecule has 7 heteroatoms. The SMILES string of the molecule is FC(F)(F)Nc1ccc(Nc2c[nH]c3ncccc23)cc1. The quantitative estimate of drug-likeness (QED) is 0.633. The van der Waals surface area contributed by atoms with E-state index in [9.17, 15) is 13.2 Å². The van der Waals surface area contributed by atoms with Gasteiger partial charge in [-0.15, -0.1) is 0 Å². The maximum atomic E-state index is 12.2. The van der Waals surface area contributed by atoms with Crippen LogP contribution in [0.25, 0.3) is 11.0 Å². The monoisotopic (exact) mass is 292 g/mol. The van der Waals surface area contributed by atoms with Crippen molar-refractivity contribution in [1.82, 2.24) is 9.97 Å². The van der Waals surface area contributed by atoms with Crippen molar-refractivity contribution in [3.63, 3.8) is 0 Å². The fourth-order valence-corrected chi connectivity index (χ4v) is 2.02.